The number of rotatable bonds is 12. The number of piperazine rings is 1. The van der Waals surface area contributed by atoms with Crippen LogP contribution in [0.15, 0.2) is 66.9 Å². The molecule has 8 nitrogen and oxygen atoms in total. The molecule has 0 aliphatic carbocycles. The number of hydrogen-bond acceptors (Lipinski definition) is 8. The lowest BCUT2D eigenvalue weighted by Crippen LogP contribution is -2.46. The third kappa shape index (κ3) is 8.87. The summed E-state index contributed by atoms with van der Waals surface area (Å²) < 4.78 is 10.7. The summed E-state index contributed by atoms with van der Waals surface area (Å²) in [6.07, 6.45) is 1.44. The van der Waals surface area contributed by atoms with E-state index in [9.17, 15) is 9.59 Å². The van der Waals surface area contributed by atoms with E-state index in [0.29, 0.717) is 16.9 Å². The predicted molar refractivity (Wildman–Crippen MR) is 166 cm³/mol. The SMILES string of the molecule is CCN(Cc1ccc(CN2CCN(c3ncccc3C(=O)OC(C)C)CC2)cc1)Cc1ccc(C(=O)OC(C)C)cc1. The number of aromatic nitrogens is 1. The van der Waals surface area contributed by atoms with Crippen LogP contribution in [-0.4, -0.2) is 71.7 Å². The molecule has 1 aliphatic rings. The van der Waals surface area contributed by atoms with E-state index >= 15 is 0 Å². The second-order valence-electron chi connectivity index (χ2n) is 11.4. The number of esters is 2. The highest BCUT2D eigenvalue weighted by atomic mass is 16.5. The van der Waals surface area contributed by atoms with Gasteiger partial charge in [-0.3, -0.25) is 9.80 Å². The van der Waals surface area contributed by atoms with Crippen LogP contribution in [0.2, 0.25) is 0 Å². The first kappa shape index (κ1) is 31.2. The monoisotopic (exact) mass is 572 g/mol. The Balaban J connectivity index is 1.27. The molecule has 1 fully saturated rings. The number of carbonyl (C=O) groups is 2. The molecule has 3 aromatic rings. The van der Waals surface area contributed by atoms with E-state index in [4.69, 9.17) is 9.47 Å². The average molecular weight is 573 g/mol. The maximum absolute atomic E-state index is 12.6. The van der Waals surface area contributed by atoms with Crippen LogP contribution in [0.1, 0.15) is 72.0 Å². The number of anilines is 1. The lowest BCUT2D eigenvalue weighted by Gasteiger charge is -2.36. The van der Waals surface area contributed by atoms with Crippen molar-refractivity contribution in [1.29, 1.82) is 0 Å². The van der Waals surface area contributed by atoms with Gasteiger partial charge in [0.05, 0.1) is 17.8 Å². The van der Waals surface area contributed by atoms with Gasteiger partial charge >= 0.3 is 11.9 Å². The van der Waals surface area contributed by atoms with Gasteiger partial charge in [0, 0.05) is 52.0 Å². The molecular weight excluding hydrogens is 528 g/mol. The second-order valence-corrected chi connectivity index (χ2v) is 11.4. The fraction of sp³-hybridized carbons (Fsp3) is 0.441. The number of benzene rings is 2. The van der Waals surface area contributed by atoms with Crippen LogP contribution in [0, 0.1) is 0 Å². The normalized spacial score (nSPS) is 14.0. The minimum atomic E-state index is -0.321. The first-order chi connectivity index (χ1) is 20.2. The quantitative estimate of drug-likeness (QED) is 0.261. The molecule has 0 bridgehead atoms. The molecule has 0 amide bonds. The van der Waals surface area contributed by atoms with E-state index < -0.39 is 0 Å². The van der Waals surface area contributed by atoms with Gasteiger partial charge in [-0.1, -0.05) is 43.3 Å². The smallest absolute Gasteiger partial charge is 0.342 e. The summed E-state index contributed by atoms with van der Waals surface area (Å²) in [6, 6.07) is 20.2. The maximum Gasteiger partial charge on any atom is 0.342 e. The highest BCUT2D eigenvalue weighted by Crippen LogP contribution is 2.21. The van der Waals surface area contributed by atoms with Gasteiger partial charge < -0.3 is 14.4 Å². The third-order valence-electron chi connectivity index (χ3n) is 7.24. The molecule has 0 unspecified atom stereocenters. The van der Waals surface area contributed by atoms with Gasteiger partial charge in [0.2, 0.25) is 0 Å². The Hall–Kier alpha value is -3.75. The number of nitrogens with zero attached hydrogens (tertiary/aromatic N) is 4. The van der Waals surface area contributed by atoms with Crippen molar-refractivity contribution >= 4 is 17.8 Å². The molecule has 224 valence electrons. The van der Waals surface area contributed by atoms with Gasteiger partial charge in [-0.15, -0.1) is 0 Å². The molecule has 42 heavy (non-hydrogen) atoms. The molecule has 1 aliphatic heterocycles. The molecule has 0 atom stereocenters. The van der Waals surface area contributed by atoms with E-state index in [2.05, 4.69) is 50.9 Å². The summed E-state index contributed by atoms with van der Waals surface area (Å²) in [5.74, 6) is 0.105. The Labute approximate surface area is 250 Å². The van der Waals surface area contributed by atoms with Crippen molar-refractivity contribution in [2.75, 3.05) is 37.6 Å². The van der Waals surface area contributed by atoms with E-state index in [1.165, 1.54) is 16.7 Å². The highest BCUT2D eigenvalue weighted by Gasteiger charge is 2.24. The first-order valence-electron chi connectivity index (χ1n) is 14.9. The maximum atomic E-state index is 12.6. The summed E-state index contributed by atoms with van der Waals surface area (Å²) >= 11 is 0. The van der Waals surface area contributed by atoms with Gasteiger partial charge in [0.15, 0.2) is 0 Å². The molecule has 2 heterocycles. The van der Waals surface area contributed by atoms with Crippen molar-refractivity contribution in [3.8, 4) is 0 Å². The fourth-order valence-corrected chi connectivity index (χ4v) is 5.04. The van der Waals surface area contributed by atoms with Gasteiger partial charge in [0.25, 0.3) is 0 Å². The molecule has 4 rings (SSSR count). The van der Waals surface area contributed by atoms with Crippen LogP contribution in [0.5, 0.6) is 0 Å². The molecule has 8 heteroatoms. The Morgan fingerprint density at radius 1 is 0.786 bits per heavy atom. The van der Waals surface area contributed by atoms with E-state index in [-0.39, 0.29) is 24.1 Å². The highest BCUT2D eigenvalue weighted by molar-refractivity contribution is 5.95. The van der Waals surface area contributed by atoms with Crippen LogP contribution in [0.4, 0.5) is 5.82 Å². The number of carbonyl (C=O) groups excluding carboxylic acids is 2. The number of hydrogen-bond donors (Lipinski definition) is 0. The van der Waals surface area contributed by atoms with Crippen molar-refractivity contribution in [2.24, 2.45) is 0 Å². The van der Waals surface area contributed by atoms with Crippen molar-refractivity contribution < 1.29 is 19.1 Å². The zero-order valence-corrected chi connectivity index (χ0v) is 25.6. The second kappa shape index (κ2) is 14.9. The van der Waals surface area contributed by atoms with E-state index in [1.54, 1.807) is 18.3 Å². The Bertz CT molecular complexity index is 1300. The zero-order valence-electron chi connectivity index (χ0n) is 25.6. The molecule has 2 aromatic carbocycles. The average Bonchev–Trinajstić information content (AvgIpc) is 2.98. The van der Waals surface area contributed by atoms with Crippen molar-refractivity contribution in [1.82, 2.24) is 14.8 Å². The Morgan fingerprint density at radius 3 is 1.90 bits per heavy atom. The molecule has 1 aromatic heterocycles. The van der Waals surface area contributed by atoms with Crippen LogP contribution >= 0.6 is 0 Å². The van der Waals surface area contributed by atoms with Gasteiger partial charge in [-0.2, -0.15) is 0 Å². The van der Waals surface area contributed by atoms with Crippen LogP contribution in [0.25, 0.3) is 0 Å². The molecule has 0 radical (unpaired) electrons. The zero-order chi connectivity index (χ0) is 30.1. The van der Waals surface area contributed by atoms with Crippen LogP contribution < -0.4 is 4.90 Å². The van der Waals surface area contributed by atoms with E-state index in [0.717, 1.165) is 52.4 Å². The summed E-state index contributed by atoms with van der Waals surface area (Å²) in [5, 5.41) is 0. The standard InChI is InChI=1S/C34H44N4O4/c1-6-36(23-29-13-15-30(16-14-29)33(39)41-25(2)3)22-27-9-11-28(12-10-27)24-37-18-20-38(21-19-37)32-31(8-7-17-35-32)34(40)42-26(4)5/h7-17,25-26H,6,18-24H2,1-5H3. The molecule has 0 saturated carbocycles. The molecular formula is C34H44N4O4. The van der Waals surface area contributed by atoms with Crippen molar-refractivity contribution in [3.63, 3.8) is 0 Å². The summed E-state index contributed by atoms with van der Waals surface area (Å²) in [5.41, 5.74) is 4.85. The predicted octanol–water partition coefficient (Wildman–Crippen LogP) is 5.56. The minimum Gasteiger partial charge on any atom is -0.459 e. The minimum absolute atomic E-state index is 0.127. The van der Waals surface area contributed by atoms with Gasteiger partial charge in [-0.25, -0.2) is 14.6 Å². The van der Waals surface area contributed by atoms with Gasteiger partial charge in [-0.05, 0) is 75.2 Å². The molecule has 0 spiro atoms. The topological polar surface area (TPSA) is 75.2 Å². The number of pyridine rings is 1. The van der Waals surface area contributed by atoms with Crippen molar-refractivity contribution in [3.05, 3.63) is 94.7 Å². The van der Waals surface area contributed by atoms with Gasteiger partial charge in [0.1, 0.15) is 11.4 Å². The lowest BCUT2D eigenvalue weighted by atomic mass is 10.1. The van der Waals surface area contributed by atoms with E-state index in [1.807, 2.05) is 52.0 Å². The summed E-state index contributed by atoms with van der Waals surface area (Å²) in [4.78, 5) is 36.2. The third-order valence-corrected chi connectivity index (χ3v) is 7.24. The molecule has 1 saturated heterocycles. The Morgan fingerprint density at radius 2 is 1.33 bits per heavy atom. The summed E-state index contributed by atoms with van der Waals surface area (Å²) in [6.45, 7) is 16.5. The first-order valence-corrected chi connectivity index (χ1v) is 14.9. The molecule has 0 N–H and O–H groups in total. The number of ether oxygens (including phenoxy) is 2. The Kier molecular flexibility index (Phi) is 11.1. The van der Waals surface area contributed by atoms with Crippen molar-refractivity contribution in [2.45, 2.75) is 66.5 Å². The van der Waals surface area contributed by atoms with Crippen LogP contribution in [-0.2, 0) is 29.1 Å². The summed E-state index contributed by atoms with van der Waals surface area (Å²) in [7, 11) is 0. The lowest BCUT2D eigenvalue weighted by molar-refractivity contribution is 0.0367. The van der Waals surface area contributed by atoms with Crippen LogP contribution in [0.3, 0.4) is 0 Å². The fourth-order valence-electron chi connectivity index (χ4n) is 5.04. The largest absolute Gasteiger partial charge is 0.459 e.